The van der Waals surface area contributed by atoms with Crippen LogP contribution in [0.3, 0.4) is 0 Å². The summed E-state index contributed by atoms with van der Waals surface area (Å²) in [6.45, 7) is 0.771. The van der Waals surface area contributed by atoms with Crippen LogP contribution < -0.4 is 0 Å². The Balaban J connectivity index is 1.79. The van der Waals surface area contributed by atoms with Crippen molar-refractivity contribution < 1.29 is 0 Å². The van der Waals surface area contributed by atoms with E-state index in [-0.39, 0.29) is 0 Å². The van der Waals surface area contributed by atoms with Gasteiger partial charge in [0.2, 0.25) is 0 Å². The van der Waals surface area contributed by atoms with Gasteiger partial charge in [0.25, 0.3) is 0 Å². The van der Waals surface area contributed by atoms with E-state index in [1.807, 2.05) is 22.9 Å². The molecule has 0 atom stereocenters. The van der Waals surface area contributed by atoms with Crippen LogP contribution in [-0.2, 0) is 6.54 Å². The van der Waals surface area contributed by atoms with Crippen molar-refractivity contribution >= 4 is 0 Å². The minimum Gasteiger partial charge on any atom is -0.267 e. The summed E-state index contributed by atoms with van der Waals surface area (Å²) < 4.78 is 2.03. The number of benzene rings is 3. The molecule has 0 amide bonds. The van der Waals surface area contributed by atoms with E-state index in [0.717, 1.165) is 23.4 Å². The average Bonchev–Trinajstić information content (AvgIpc) is 3.08. The van der Waals surface area contributed by atoms with Gasteiger partial charge in [-0.2, -0.15) is 5.10 Å². The topological polar surface area (TPSA) is 17.8 Å². The molecule has 24 heavy (non-hydrogen) atoms. The first-order chi connectivity index (χ1) is 11.9. The molecule has 1 aromatic heterocycles. The third-order valence-corrected chi connectivity index (χ3v) is 4.08. The van der Waals surface area contributed by atoms with Crippen LogP contribution in [0.25, 0.3) is 22.4 Å². The molecule has 0 bridgehead atoms. The van der Waals surface area contributed by atoms with Crippen LogP contribution in [0.4, 0.5) is 0 Å². The number of nitrogens with zero attached hydrogens (tertiary/aromatic N) is 2. The summed E-state index contributed by atoms with van der Waals surface area (Å²) in [5.41, 5.74) is 5.77. The molecule has 0 aliphatic rings. The highest BCUT2D eigenvalue weighted by Crippen LogP contribution is 2.31. The fraction of sp³-hybridized carbons (Fsp3) is 0.0455. The Morgan fingerprint density at radius 1 is 0.625 bits per heavy atom. The van der Waals surface area contributed by atoms with Crippen molar-refractivity contribution in [1.82, 2.24) is 9.78 Å². The molecule has 0 saturated carbocycles. The van der Waals surface area contributed by atoms with Gasteiger partial charge >= 0.3 is 0 Å². The first-order valence-electron chi connectivity index (χ1n) is 8.12. The number of aromatic nitrogens is 2. The Bertz CT molecular complexity index is 853. The molecule has 0 radical (unpaired) electrons. The zero-order valence-electron chi connectivity index (χ0n) is 13.3. The monoisotopic (exact) mass is 310 g/mol. The fourth-order valence-corrected chi connectivity index (χ4v) is 2.91. The quantitative estimate of drug-likeness (QED) is 0.502. The van der Waals surface area contributed by atoms with Gasteiger partial charge < -0.3 is 0 Å². The van der Waals surface area contributed by atoms with Gasteiger partial charge in [0.05, 0.1) is 6.54 Å². The second-order valence-electron chi connectivity index (χ2n) is 5.81. The van der Waals surface area contributed by atoms with E-state index >= 15 is 0 Å². The van der Waals surface area contributed by atoms with E-state index in [4.69, 9.17) is 5.10 Å². The van der Waals surface area contributed by atoms with E-state index in [9.17, 15) is 0 Å². The second-order valence-corrected chi connectivity index (χ2v) is 5.81. The van der Waals surface area contributed by atoms with Crippen molar-refractivity contribution in [3.05, 3.63) is 103 Å². The highest BCUT2D eigenvalue weighted by molar-refractivity contribution is 5.80. The Hall–Kier alpha value is -3.13. The molecule has 1 heterocycles. The van der Waals surface area contributed by atoms with Gasteiger partial charge in [0.1, 0.15) is 5.69 Å². The first kappa shape index (κ1) is 14.5. The molecule has 0 N–H and O–H groups in total. The van der Waals surface area contributed by atoms with E-state index in [2.05, 4.69) is 79.0 Å². The first-order valence-corrected chi connectivity index (χ1v) is 8.12. The van der Waals surface area contributed by atoms with Crippen molar-refractivity contribution in [3.63, 3.8) is 0 Å². The van der Waals surface area contributed by atoms with Gasteiger partial charge in [0.15, 0.2) is 0 Å². The zero-order valence-corrected chi connectivity index (χ0v) is 13.3. The van der Waals surface area contributed by atoms with Crippen molar-refractivity contribution in [2.24, 2.45) is 0 Å². The lowest BCUT2D eigenvalue weighted by Gasteiger charge is -2.02. The maximum absolute atomic E-state index is 4.87. The van der Waals surface area contributed by atoms with Crippen molar-refractivity contribution in [3.8, 4) is 22.4 Å². The molecular formula is C22H18N2. The summed E-state index contributed by atoms with van der Waals surface area (Å²) in [6, 6.07) is 31.3. The molecular weight excluding hydrogens is 292 g/mol. The molecule has 2 heteroatoms. The van der Waals surface area contributed by atoms with Crippen molar-refractivity contribution in [2.45, 2.75) is 6.54 Å². The fourth-order valence-electron chi connectivity index (χ4n) is 2.91. The van der Waals surface area contributed by atoms with Crippen LogP contribution in [0.5, 0.6) is 0 Å². The Labute approximate surface area is 142 Å². The molecule has 2 nitrogen and oxygen atoms in total. The Morgan fingerprint density at radius 3 is 1.79 bits per heavy atom. The second kappa shape index (κ2) is 6.55. The molecule has 0 aliphatic carbocycles. The molecule has 4 rings (SSSR count). The van der Waals surface area contributed by atoms with Crippen LogP contribution in [0.1, 0.15) is 5.56 Å². The van der Waals surface area contributed by atoms with E-state index in [1.54, 1.807) is 0 Å². The van der Waals surface area contributed by atoms with Crippen molar-refractivity contribution in [2.75, 3.05) is 0 Å². The summed E-state index contributed by atoms with van der Waals surface area (Å²) in [6.07, 6.45) is 2.14. The lowest BCUT2D eigenvalue weighted by molar-refractivity contribution is 0.689. The van der Waals surface area contributed by atoms with E-state index in [1.165, 1.54) is 11.1 Å². The zero-order chi connectivity index (χ0) is 16.2. The SMILES string of the molecule is c1ccc(Cn2cc(-c3ccccc3)c(-c3ccccc3)n2)cc1. The molecule has 116 valence electrons. The lowest BCUT2D eigenvalue weighted by atomic mass is 10.0. The predicted octanol–water partition coefficient (Wildman–Crippen LogP) is 5.27. The minimum absolute atomic E-state index is 0.771. The third kappa shape index (κ3) is 2.99. The maximum Gasteiger partial charge on any atom is 0.100 e. The summed E-state index contributed by atoms with van der Waals surface area (Å²) in [7, 11) is 0. The summed E-state index contributed by atoms with van der Waals surface area (Å²) in [5, 5.41) is 4.87. The van der Waals surface area contributed by atoms with Crippen LogP contribution in [0.15, 0.2) is 97.2 Å². The van der Waals surface area contributed by atoms with Gasteiger partial charge in [-0.1, -0.05) is 91.0 Å². The summed E-state index contributed by atoms with van der Waals surface area (Å²) in [5.74, 6) is 0. The summed E-state index contributed by atoms with van der Waals surface area (Å²) >= 11 is 0. The lowest BCUT2D eigenvalue weighted by Crippen LogP contribution is -1.99. The highest BCUT2D eigenvalue weighted by Gasteiger charge is 2.12. The van der Waals surface area contributed by atoms with Crippen LogP contribution >= 0.6 is 0 Å². The molecule has 0 saturated heterocycles. The molecule has 0 aliphatic heterocycles. The van der Waals surface area contributed by atoms with Crippen molar-refractivity contribution in [1.29, 1.82) is 0 Å². The van der Waals surface area contributed by atoms with Crippen LogP contribution in [0.2, 0.25) is 0 Å². The molecule has 3 aromatic carbocycles. The Morgan fingerprint density at radius 2 is 1.17 bits per heavy atom. The van der Waals surface area contributed by atoms with Gasteiger partial charge in [-0.15, -0.1) is 0 Å². The average molecular weight is 310 g/mol. The van der Waals surface area contributed by atoms with Gasteiger partial charge in [-0.25, -0.2) is 0 Å². The van der Waals surface area contributed by atoms with E-state index in [0.29, 0.717) is 0 Å². The molecule has 4 aromatic rings. The Kier molecular flexibility index (Phi) is 3.95. The molecule has 0 fully saturated rings. The minimum atomic E-state index is 0.771. The normalized spacial score (nSPS) is 10.7. The number of hydrogen-bond donors (Lipinski definition) is 0. The van der Waals surface area contributed by atoms with Crippen LogP contribution in [-0.4, -0.2) is 9.78 Å². The van der Waals surface area contributed by atoms with Gasteiger partial charge in [0, 0.05) is 17.3 Å². The molecule has 0 spiro atoms. The smallest absolute Gasteiger partial charge is 0.100 e. The van der Waals surface area contributed by atoms with Crippen LogP contribution in [0, 0.1) is 0 Å². The summed E-state index contributed by atoms with van der Waals surface area (Å²) in [4.78, 5) is 0. The van der Waals surface area contributed by atoms with Gasteiger partial charge in [-0.3, -0.25) is 4.68 Å². The largest absolute Gasteiger partial charge is 0.267 e. The number of hydrogen-bond acceptors (Lipinski definition) is 1. The van der Waals surface area contributed by atoms with Gasteiger partial charge in [-0.05, 0) is 11.1 Å². The number of rotatable bonds is 4. The predicted molar refractivity (Wildman–Crippen MR) is 98.6 cm³/mol. The third-order valence-electron chi connectivity index (χ3n) is 4.08. The highest BCUT2D eigenvalue weighted by atomic mass is 15.3. The standard InChI is InChI=1S/C22H18N2/c1-4-10-18(11-5-1)16-24-17-21(19-12-6-2-7-13-19)22(23-24)20-14-8-3-9-15-20/h1-15,17H,16H2. The van der Waals surface area contributed by atoms with E-state index < -0.39 is 0 Å². The maximum atomic E-state index is 4.87. The molecule has 0 unspecified atom stereocenters.